The Kier molecular flexibility index (Phi) is 6.69. The first-order valence-electron chi connectivity index (χ1n) is 10.3. The third-order valence-electron chi connectivity index (χ3n) is 5.72. The zero-order valence-electron chi connectivity index (χ0n) is 18.1. The van der Waals surface area contributed by atoms with Crippen molar-refractivity contribution in [2.75, 3.05) is 38.2 Å². The Bertz CT molecular complexity index is 1310. The smallest absolute Gasteiger partial charge is 0.495 e. The Morgan fingerprint density at radius 2 is 1.94 bits per heavy atom. The van der Waals surface area contributed by atoms with Crippen molar-refractivity contribution in [3.8, 4) is 17.0 Å². The summed E-state index contributed by atoms with van der Waals surface area (Å²) >= 11 is 6.26. The van der Waals surface area contributed by atoms with Crippen molar-refractivity contribution in [3.05, 3.63) is 47.2 Å². The van der Waals surface area contributed by atoms with Crippen LogP contribution in [0.25, 0.3) is 16.9 Å². The lowest BCUT2D eigenvalue weighted by atomic mass is 10.1. The number of hydrogen-bond donors (Lipinski definition) is 1. The van der Waals surface area contributed by atoms with Gasteiger partial charge in [-0.25, -0.2) is 13.4 Å². The largest absolute Gasteiger partial charge is 0.511 e. The van der Waals surface area contributed by atoms with Crippen molar-refractivity contribution in [3.63, 3.8) is 0 Å². The number of rotatable bonds is 5. The lowest BCUT2D eigenvalue weighted by Gasteiger charge is -2.24. The summed E-state index contributed by atoms with van der Waals surface area (Å²) in [5.74, 6) is 0.434. The summed E-state index contributed by atoms with van der Waals surface area (Å²) < 4.78 is 69.8. The Morgan fingerprint density at radius 1 is 1.18 bits per heavy atom. The maximum absolute atomic E-state index is 12.9. The Hall–Kier alpha value is -2.54. The number of aliphatic hydroxyl groups is 1. The van der Waals surface area contributed by atoms with Crippen LogP contribution in [0.1, 0.15) is 12.0 Å². The number of halogens is 4. The van der Waals surface area contributed by atoms with Gasteiger partial charge in [-0.3, -0.25) is 0 Å². The molecule has 1 aliphatic rings. The molecule has 4 rings (SSSR count). The van der Waals surface area contributed by atoms with Crippen molar-refractivity contribution in [2.45, 2.75) is 18.5 Å². The van der Waals surface area contributed by atoms with Crippen molar-refractivity contribution < 1.29 is 31.4 Å². The second-order valence-corrected chi connectivity index (χ2v) is 10.1. The van der Waals surface area contributed by atoms with Gasteiger partial charge in [0, 0.05) is 55.9 Å². The van der Waals surface area contributed by atoms with E-state index in [1.165, 1.54) is 7.11 Å². The number of hydrogen-bond acceptors (Lipinski definition) is 6. The van der Waals surface area contributed by atoms with Crippen molar-refractivity contribution in [2.24, 2.45) is 0 Å². The summed E-state index contributed by atoms with van der Waals surface area (Å²) in [6, 6.07) is 6.88. The number of benzene rings is 1. The maximum atomic E-state index is 12.9. The maximum Gasteiger partial charge on any atom is 0.511 e. The molecule has 0 saturated carbocycles. The molecule has 0 radical (unpaired) electrons. The van der Waals surface area contributed by atoms with E-state index in [0.717, 1.165) is 0 Å². The summed E-state index contributed by atoms with van der Waals surface area (Å²) in [7, 11) is -3.87. The van der Waals surface area contributed by atoms with E-state index < -0.39 is 15.5 Å². The summed E-state index contributed by atoms with van der Waals surface area (Å²) in [5, 5.41) is 10.1. The highest BCUT2D eigenvalue weighted by atomic mass is 35.5. The zero-order chi connectivity index (χ0) is 24.7. The molecule has 184 valence electrons. The predicted octanol–water partition coefficient (Wildman–Crippen LogP) is 3.52. The molecule has 0 bridgehead atoms. The fourth-order valence-corrected chi connectivity index (χ4v) is 5.18. The average Bonchev–Trinajstić information content (AvgIpc) is 3.05. The van der Waals surface area contributed by atoms with Crippen molar-refractivity contribution in [1.29, 1.82) is 0 Å². The zero-order valence-corrected chi connectivity index (χ0v) is 19.7. The van der Waals surface area contributed by atoms with Crippen LogP contribution < -0.4 is 9.64 Å². The first-order chi connectivity index (χ1) is 16.0. The van der Waals surface area contributed by atoms with E-state index in [9.17, 15) is 26.7 Å². The summed E-state index contributed by atoms with van der Waals surface area (Å²) in [5.41, 5.74) is -2.22. The number of nitrogens with zero attached hydrogens (tertiary/aromatic N) is 4. The van der Waals surface area contributed by atoms with Gasteiger partial charge in [0.25, 0.3) is 0 Å². The molecule has 0 unspecified atom stereocenters. The molecular weight excluding hydrogens is 497 g/mol. The normalized spacial score (nSPS) is 16.1. The number of methoxy groups -OCH3 is 1. The second kappa shape index (κ2) is 9.25. The number of fused-ring (bicyclic) bond motifs is 1. The van der Waals surface area contributed by atoms with Gasteiger partial charge in [0.15, 0.2) is 0 Å². The molecule has 1 aliphatic heterocycles. The number of ether oxygens (including phenoxy) is 1. The number of imidazole rings is 1. The van der Waals surface area contributed by atoms with E-state index in [1.54, 1.807) is 41.1 Å². The minimum Gasteiger partial charge on any atom is -0.495 e. The minimum absolute atomic E-state index is 0.113. The van der Waals surface area contributed by atoms with Gasteiger partial charge in [-0.1, -0.05) is 11.6 Å². The van der Waals surface area contributed by atoms with Crippen LogP contribution in [0.5, 0.6) is 5.75 Å². The standard InChI is InChI=1S/C21H22ClF3N4O4S/c1-33-19-9-14(13-30)16(11-17(19)22)18-12-28-6-3-15(10-20(28)26-18)27-4-2-5-29(8-7-27)34(31,32)21(23,24)25/h3,6,9-12,30H,2,4-5,7-8,13H2,1H3. The predicted molar refractivity (Wildman–Crippen MR) is 121 cm³/mol. The van der Waals surface area contributed by atoms with Gasteiger partial charge in [-0.05, 0) is 30.2 Å². The molecule has 8 nitrogen and oxygen atoms in total. The average molecular weight is 519 g/mol. The van der Waals surface area contributed by atoms with Crippen LogP contribution in [0.15, 0.2) is 36.7 Å². The van der Waals surface area contributed by atoms with E-state index >= 15 is 0 Å². The molecule has 0 aliphatic carbocycles. The van der Waals surface area contributed by atoms with E-state index in [0.29, 0.717) is 49.8 Å². The van der Waals surface area contributed by atoms with Gasteiger partial charge < -0.3 is 19.1 Å². The number of aliphatic hydroxyl groups excluding tert-OH is 1. The molecule has 1 saturated heterocycles. The van der Waals surface area contributed by atoms with Gasteiger partial charge in [-0.2, -0.15) is 17.5 Å². The monoisotopic (exact) mass is 518 g/mol. The summed E-state index contributed by atoms with van der Waals surface area (Å²) in [6.07, 6.45) is 3.79. The molecule has 34 heavy (non-hydrogen) atoms. The van der Waals surface area contributed by atoms with Gasteiger partial charge >= 0.3 is 15.5 Å². The van der Waals surface area contributed by atoms with Crippen molar-refractivity contribution in [1.82, 2.24) is 13.7 Å². The molecule has 1 N–H and O–H groups in total. The first kappa shape index (κ1) is 24.6. The van der Waals surface area contributed by atoms with Crippen LogP contribution in [0.3, 0.4) is 0 Å². The molecule has 3 aromatic rings. The van der Waals surface area contributed by atoms with Crippen LogP contribution in [0.4, 0.5) is 18.9 Å². The molecule has 0 amide bonds. The first-order valence-corrected chi connectivity index (χ1v) is 12.1. The fourth-order valence-electron chi connectivity index (χ4n) is 3.96. The Labute approximate surface area is 199 Å². The molecule has 13 heteroatoms. The van der Waals surface area contributed by atoms with E-state index in [2.05, 4.69) is 4.98 Å². The van der Waals surface area contributed by atoms with Crippen LogP contribution in [-0.2, 0) is 16.6 Å². The van der Waals surface area contributed by atoms with Crippen LogP contribution in [0.2, 0.25) is 5.02 Å². The van der Waals surface area contributed by atoms with Gasteiger partial charge in [0.2, 0.25) is 0 Å². The molecule has 0 spiro atoms. The third kappa shape index (κ3) is 4.54. The Balaban J connectivity index is 1.61. The van der Waals surface area contributed by atoms with E-state index in [1.807, 2.05) is 4.90 Å². The SMILES string of the molecule is COc1cc(CO)c(-c2cn3ccc(N4CCCN(S(=O)(=O)C(F)(F)F)CC4)cc3n2)cc1Cl. The molecule has 0 atom stereocenters. The lowest BCUT2D eigenvalue weighted by molar-refractivity contribution is -0.0487. The summed E-state index contributed by atoms with van der Waals surface area (Å²) in [6.45, 7) is -0.196. The quantitative estimate of drug-likeness (QED) is 0.556. The number of aromatic nitrogens is 2. The molecular formula is C21H22ClF3N4O4S. The molecule has 1 fully saturated rings. The number of anilines is 1. The molecule has 3 heterocycles. The number of alkyl halides is 3. The van der Waals surface area contributed by atoms with Crippen molar-refractivity contribution >= 4 is 33.0 Å². The van der Waals surface area contributed by atoms with Gasteiger partial charge in [-0.15, -0.1) is 0 Å². The highest BCUT2D eigenvalue weighted by molar-refractivity contribution is 7.90. The number of sulfonamides is 1. The minimum atomic E-state index is -5.36. The Morgan fingerprint density at radius 3 is 2.62 bits per heavy atom. The lowest BCUT2D eigenvalue weighted by Crippen LogP contribution is -2.42. The third-order valence-corrected chi connectivity index (χ3v) is 7.65. The molecule has 2 aromatic heterocycles. The topological polar surface area (TPSA) is 87.4 Å². The highest BCUT2D eigenvalue weighted by Crippen LogP contribution is 2.34. The van der Waals surface area contributed by atoms with E-state index in [-0.39, 0.29) is 32.7 Å². The van der Waals surface area contributed by atoms with Gasteiger partial charge in [0.05, 0.1) is 24.4 Å². The van der Waals surface area contributed by atoms with Crippen LogP contribution in [-0.4, -0.2) is 66.0 Å². The van der Waals surface area contributed by atoms with Crippen LogP contribution in [0, 0.1) is 0 Å². The highest BCUT2D eigenvalue weighted by Gasteiger charge is 2.50. The van der Waals surface area contributed by atoms with E-state index in [4.69, 9.17) is 16.3 Å². The van der Waals surface area contributed by atoms with Gasteiger partial charge in [0.1, 0.15) is 11.4 Å². The second-order valence-electron chi connectivity index (χ2n) is 7.77. The fraction of sp³-hybridized carbons (Fsp3) is 0.381. The molecule has 1 aromatic carbocycles. The van der Waals surface area contributed by atoms with Crippen LogP contribution >= 0.6 is 11.6 Å². The summed E-state index contributed by atoms with van der Waals surface area (Å²) in [4.78, 5) is 6.46. The number of pyridine rings is 1.